The number of carbonyl (C=O) groups is 1. The molecule has 98 valence electrons. The van der Waals surface area contributed by atoms with Crippen molar-refractivity contribution >= 4 is 23.5 Å². The van der Waals surface area contributed by atoms with Crippen molar-refractivity contribution in [2.75, 3.05) is 5.32 Å². The molecule has 19 heavy (non-hydrogen) atoms. The van der Waals surface area contributed by atoms with Gasteiger partial charge in [0.15, 0.2) is 0 Å². The lowest BCUT2D eigenvalue weighted by molar-refractivity contribution is -0.115. The zero-order valence-electron chi connectivity index (χ0n) is 9.53. The van der Waals surface area contributed by atoms with Crippen molar-refractivity contribution in [2.24, 2.45) is 0 Å². The summed E-state index contributed by atoms with van der Waals surface area (Å²) in [6.45, 7) is 0. The van der Waals surface area contributed by atoms with Gasteiger partial charge in [0.05, 0.1) is 6.42 Å². The van der Waals surface area contributed by atoms with Crippen LogP contribution in [0.3, 0.4) is 0 Å². The van der Waals surface area contributed by atoms with Crippen molar-refractivity contribution in [3.63, 3.8) is 0 Å². The average molecular weight is 284 g/mol. The van der Waals surface area contributed by atoms with Crippen molar-refractivity contribution in [3.8, 4) is 0 Å². The molecule has 2 rings (SSSR count). The molecule has 0 saturated carbocycles. The first-order valence-corrected chi connectivity index (χ1v) is 5.65. The number of carbonyl (C=O) groups excluding carboxylic acids is 1. The van der Waals surface area contributed by atoms with E-state index in [1.807, 2.05) is 0 Å². The SMILES string of the molecule is O=C(Cc1c(F)cccc1F)Nc1nccc(Cl)n1. The Morgan fingerprint density at radius 2 is 1.95 bits per heavy atom. The maximum Gasteiger partial charge on any atom is 0.231 e. The Morgan fingerprint density at radius 1 is 1.26 bits per heavy atom. The van der Waals surface area contributed by atoms with Crippen LogP contribution in [0.25, 0.3) is 0 Å². The van der Waals surface area contributed by atoms with E-state index < -0.39 is 24.0 Å². The summed E-state index contributed by atoms with van der Waals surface area (Å²) in [5, 5.41) is 2.46. The molecule has 1 heterocycles. The van der Waals surface area contributed by atoms with Crippen molar-refractivity contribution in [1.82, 2.24) is 9.97 Å². The third-order valence-electron chi connectivity index (χ3n) is 2.27. The van der Waals surface area contributed by atoms with E-state index in [0.717, 1.165) is 12.1 Å². The molecule has 7 heteroatoms. The molecule has 0 radical (unpaired) electrons. The van der Waals surface area contributed by atoms with Crippen LogP contribution in [-0.4, -0.2) is 15.9 Å². The molecule has 1 aromatic heterocycles. The quantitative estimate of drug-likeness (QED) is 0.881. The molecular formula is C12H8ClF2N3O. The third kappa shape index (κ3) is 3.45. The van der Waals surface area contributed by atoms with Gasteiger partial charge in [-0.15, -0.1) is 0 Å². The highest BCUT2D eigenvalue weighted by atomic mass is 35.5. The molecule has 0 unspecified atom stereocenters. The average Bonchev–Trinajstić information content (AvgIpc) is 2.34. The Bertz CT molecular complexity index is 601. The number of rotatable bonds is 3. The van der Waals surface area contributed by atoms with E-state index in [1.54, 1.807) is 0 Å². The number of aromatic nitrogens is 2. The normalized spacial score (nSPS) is 10.3. The maximum absolute atomic E-state index is 13.3. The molecule has 1 N–H and O–H groups in total. The van der Waals surface area contributed by atoms with Crippen LogP contribution in [0.5, 0.6) is 0 Å². The lowest BCUT2D eigenvalue weighted by atomic mass is 10.1. The van der Waals surface area contributed by atoms with Crippen LogP contribution in [0.15, 0.2) is 30.5 Å². The molecule has 1 aromatic carbocycles. The van der Waals surface area contributed by atoms with Crippen molar-refractivity contribution < 1.29 is 13.6 Å². The fourth-order valence-electron chi connectivity index (χ4n) is 1.43. The van der Waals surface area contributed by atoms with Gasteiger partial charge in [-0.25, -0.2) is 18.7 Å². The van der Waals surface area contributed by atoms with Gasteiger partial charge in [0.25, 0.3) is 0 Å². The van der Waals surface area contributed by atoms with Crippen LogP contribution < -0.4 is 5.32 Å². The number of benzene rings is 1. The van der Waals surface area contributed by atoms with Gasteiger partial charge >= 0.3 is 0 Å². The molecule has 0 fully saturated rings. The van der Waals surface area contributed by atoms with E-state index in [4.69, 9.17) is 11.6 Å². The first-order valence-electron chi connectivity index (χ1n) is 5.27. The number of halogens is 3. The van der Waals surface area contributed by atoms with Gasteiger partial charge < -0.3 is 0 Å². The highest BCUT2D eigenvalue weighted by Gasteiger charge is 2.13. The molecule has 0 bridgehead atoms. The molecule has 2 aromatic rings. The van der Waals surface area contributed by atoms with E-state index >= 15 is 0 Å². The highest BCUT2D eigenvalue weighted by molar-refractivity contribution is 6.29. The molecule has 0 aliphatic carbocycles. The van der Waals surface area contributed by atoms with Gasteiger partial charge in [0.1, 0.15) is 16.8 Å². The van der Waals surface area contributed by atoms with Crippen LogP contribution in [0.1, 0.15) is 5.56 Å². The molecule has 0 aliphatic heterocycles. The Morgan fingerprint density at radius 3 is 2.58 bits per heavy atom. The van der Waals surface area contributed by atoms with Crippen LogP contribution in [0.2, 0.25) is 5.15 Å². The lowest BCUT2D eigenvalue weighted by Gasteiger charge is -2.05. The largest absolute Gasteiger partial charge is 0.294 e. The number of hydrogen-bond donors (Lipinski definition) is 1. The van der Waals surface area contributed by atoms with Gasteiger partial charge in [-0.05, 0) is 18.2 Å². The van der Waals surface area contributed by atoms with Crippen LogP contribution in [-0.2, 0) is 11.2 Å². The van der Waals surface area contributed by atoms with E-state index in [0.29, 0.717) is 0 Å². The second kappa shape index (κ2) is 5.71. The van der Waals surface area contributed by atoms with E-state index in [1.165, 1.54) is 18.3 Å². The number of hydrogen-bond acceptors (Lipinski definition) is 3. The summed E-state index contributed by atoms with van der Waals surface area (Å²) < 4.78 is 26.7. The zero-order chi connectivity index (χ0) is 13.8. The van der Waals surface area contributed by atoms with Crippen molar-refractivity contribution in [1.29, 1.82) is 0 Å². The molecule has 4 nitrogen and oxygen atoms in total. The molecule has 0 aliphatic rings. The summed E-state index contributed by atoms with van der Waals surface area (Å²) in [6, 6.07) is 4.84. The third-order valence-corrected chi connectivity index (χ3v) is 2.48. The van der Waals surface area contributed by atoms with Gasteiger partial charge in [0, 0.05) is 11.8 Å². The topological polar surface area (TPSA) is 54.9 Å². The van der Waals surface area contributed by atoms with Crippen molar-refractivity contribution in [3.05, 3.63) is 52.8 Å². The van der Waals surface area contributed by atoms with Gasteiger partial charge in [-0.3, -0.25) is 10.1 Å². The van der Waals surface area contributed by atoms with Crippen LogP contribution in [0.4, 0.5) is 14.7 Å². The lowest BCUT2D eigenvalue weighted by Crippen LogP contribution is -2.17. The van der Waals surface area contributed by atoms with Crippen molar-refractivity contribution in [2.45, 2.75) is 6.42 Å². The standard InChI is InChI=1S/C12H8ClF2N3O/c13-10-4-5-16-12(17-10)18-11(19)6-7-8(14)2-1-3-9(7)15/h1-5H,6H2,(H,16,17,18,19). The first kappa shape index (κ1) is 13.4. The molecule has 1 amide bonds. The smallest absolute Gasteiger partial charge is 0.231 e. The monoisotopic (exact) mass is 283 g/mol. The van der Waals surface area contributed by atoms with Crippen LogP contribution in [0, 0.1) is 11.6 Å². The summed E-state index contributed by atoms with van der Waals surface area (Å²) in [4.78, 5) is 19.1. The summed E-state index contributed by atoms with van der Waals surface area (Å²) in [5.41, 5.74) is -0.304. The fraction of sp³-hybridized carbons (Fsp3) is 0.0833. The molecule has 0 atom stereocenters. The minimum absolute atomic E-state index is 0.0192. The second-order valence-corrected chi connectivity index (χ2v) is 4.02. The number of nitrogens with one attached hydrogen (secondary N) is 1. The minimum atomic E-state index is -0.776. The molecular weight excluding hydrogens is 276 g/mol. The van der Waals surface area contributed by atoms with E-state index in [-0.39, 0.29) is 16.7 Å². The van der Waals surface area contributed by atoms with Gasteiger partial charge in [-0.1, -0.05) is 17.7 Å². The van der Waals surface area contributed by atoms with E-state index in [9.17, 15) is 13.6 Å². The Labute approximate surface area is 112 Å². The maximum atomic E-state index is 13.3. The zero-order valence-corrected chi connectivity index (χ0v) is 10.3. The summed E-state index contributed by atoms with van der Waals surface area (Å²) >= 11 is 5.62. The van der Waals surface area contributed by atoms with Crippen LogP contribution >= 0.6 is 11.6 Å². The summed E-state index contributed by atoms with van der Waals surface area (Å²) in [6.07, 6.45) is 0.906. The predicted octanol–water partition coefficient (Wildman–Crippen LogP) is 2.59. The Kier molecular flexibility index (Phi) is 4.01. The number of amides is 1. The molecule has 0 saturated heterocycles. The number of anilines is 1. The summed E-state index contributed by atoms with van der Waals surface area (Å²) in [5.74, 6) is -2.20. The Balaban J connectivity index is 2.10. The minimum Gasteiger partial charge on any atom is -0.294 e. The first-order chi connectivity index (χ1) is 9.06. The van der Waals surface area contributed by atoms with Gasteiger partial charge in [0.2, 0.25) is 11.9 Å². The predicted molar refractivity (Wildman–Crippen MR) is 65.7 cm³/mol. The Hall–Kier alpha value is -2.08. The second-order valence-electron chi connectivity index (χ2n) is 3.63. The summed E-state index contributed by atoms with van der Waals surface area (Å²) in [7, 11) is 0. The van der Waals surface area contributed by atoms with Gasteiger partial charge in [-0.2, -0.15) is 0 Å². The van der Waals surface area contributed by atoms with E-state index in [2.05, 4.69) is 15.3 Å². The number of nitrogens with zero attached hydrogens (tertiary/aromatic N) is 2. The fourth-order valence-corrected chi connectivity index (χ4v) is 1.56. The highest BCUT2D eigenvalue weighted by Crippen LogP contribution is 2.13. The molecule has 0 spiro atoms.